The smallest absolute Gasteiger partial charge is 0.331 e. The standard InChI is InChI=1S/C21H24N2O5/c1-4-16-7-5-6-8-18(16)22-19(24)13-23(3)20(25)14-27-21(26)12-11-17-10-9-15(2)28-17/h5-12H,4,13-14H2,1-3H3,(H,22,24)/b12-11+. The summed E-state index contributed by atoms with van der Waals surface area (Å²) in [6.45, 7) is 3.20. The summed E-state index contributed by atoms with van der Waals surface area (Å²) >= 11 is 0. The van der Waals surface area contributed by atoms with E-state index in [-0.39, 0.29) is 12.5 Å². The molecule has 0 unspecified atom stereocenters. The summed E-state index contributed by atoms with van der Waals surface area (Å²) in [6.07, 6.45) is 3.42. The third-order valence-electron chi connectivity index (χ3n) is 3.96. The third kappa shape index (κ3) is 6.42. The first-order valence-corrected chi connectivity index (χ1v) is 8.92. The molecule has 1 N–H and O–H groups in total. The quantitative estimate of drug-likeness (QED) is 0.558. The normalized spacial score (nSPS) is 10.7. The fraction of sp³-hybridized carbons (Fsp3) is 0.286. The molecule has 0 aliphatic rings. The number of ether oxygens (including phenoxy) is 1. The van der Waals surface area contributed by atoms with Crippen molar-refractivity contribution in [2.24, 2.45) is 0 Å². The molecule has 0 atom stereocenters. The van der Waals surface area contributed by atoms with Gasteiger partial charge in [0.05, 0.1) is 6.54 Å². The molecule has 0 saturated heterocycles. The minimum atomic E-state index is -0.669. The van der Waals surface area contributed by atoms with Gasteiger partial charge in [-0.1, -0.05) is 25.1 Å². The molecule has 148 valence electrons. The zero-order valence-corrected chi connectivity index (χ0v) is 16.2. The number of carbonyl (C=O) groups excluding carboxylic acids is 3. The molecule has 7 nitrogen and oxygen atoms in total. The third-order valence-corrected chi connectivity index (χ3v) is 3.96. The van der Waals surface area contributed by atoms with Gasteiger partial charge in [-0.15, -0.1) is 0 Å². The molecule has 7 heteroatoms. The first kappa shape index (κ1) is 21.0. The zero-order valence-electron chi connectivity index (χ0n) is 16.2. The second-order valence-corrected chi connectivity index (χ2v) is 6.20. The minimum absolute atomic E-state index is 0.143. The van der Waals surface area contributed by atoms with E-state index in [4.69, 9.17) is 9.15 Å². The Balaban J connectivity index is 1.78. The summed E-state index contributed by atoms with van der Waals surface area (Å²) in [6, 6.07) is 11.0. The van der Waals surface area contributed by atoms with Crippen molar-refractivity contribution in [3.8, 4) is 0 Å². The van der Waals surface area contributed by atoms with Crippen LogP contribution in [-0.2, 0) is 25.5 Å². The summed E-state index contributed by atoms with van der Waals surface area (Å²) in [7, 11) is 1.48. The van der Waals surface area contributed by atoms with Gasteiger partial charge in [0, 0.05) is 18.8 Å². The number of esters is 1. The maximum Gasteiger partial charge on any atom is 0.331 e. The molecule has 2 rings (SSSR count). The summed E-state index contributed by atoms with van der Waals surface area (Å²) in [4.78, 5) is 37.1. The summed E-state index contributed by atoms with van der Waals surface area (Å²) in [5, 5.41) is 2.79. The van der Waals surface area contributed by atoms with Crippen molar-refractivity contribution in [2.75, 3.05) is 25.5 Å². The highest BCUT2D eigenvalue weighted by atomic mass is 16.5. The highest BCUT2D eigenvalue weighted by molar-refractivity contribution is 5.95. The number of benzene rings is 1. The first-order valence-electron chi connectivity index (χ1n) is 8.92. The van der Waals surface area contributed by atoms with Crippen LogP contribution in [0, 0.1) is 6.92 Å². The van der Waals surface area contributed by atoms with Crippen molar-refractivity contribution in [3.05, 3.63) is 59.6 Å². The Morgan fingerprint density at radius 1 is 1.18 bits per heavy atom. The van der Waals surface area contributed by atoms with Gasteiger partial charge in [0.25, 0.3) is 5.91 Å². The van der Waals surface area contributed by atoms with Crippen LogP contribution in [0.4, 0.5) is 5.69 Å². The molecule has 0 bridgehead atoms. The van der Waals surface area contributed by atoms with E-state index in [1.54, 1.807) is 19.1 Å². The van der Waals surface area contributed by atoms with Gasteiger partial charge < -0.3 is 19.4 Å². The van der Waals surface area contributed by atoms with Crippen LogP contribution in [0.5, 0.6) is 0 Å². The Kier molecular flexibility index (Phi) is 7.56. The summed E-state index contributed by atoms with van der Waals surface area (Å²) < 4.78 is 10.2. The lowest BCUT2D eigenvalue weighted by Crippen LogP contribution is -2.37. The van der Waals surface area contributed by atoms with E-state index >= 15 is 0 Å². The van der Waals surface area contributed by atoms with Gasteiger partial charge in [0.15, 0.2) is 6.61 Å². The number of hydrogen-bond donors (Lipinski definition) is 1. The van der Waals surface area contributed by atoms with E-state index in [1.165, 1.54) is 24.1 Å². The Morgan fingerprint density at radius 2 is 1.93 bits per heavy atom. The van der Waals surface area contributed by atoms with Crippen LogP contribution in [0.3, 0.4) is 0 Å². The van der Waals surface area contributed by atoms with E-state index < -0.39 is 18.5 Å². The molecular weight excluding hydrogens is 360 g/mol. The molecule has 28 heavy (non-hydrogen) atoms. The van der Waals surface area contributed by atoms with Crippen LogP contribution in [0.15, 0.2) is 46.9 Å². The van der Waals surface area contributed by atoms with Crippen LogP contribution in [0.2, 0.25) is 0 Å². The van der Waals surface area contributed by atoms with E-state index in [1.807, 2.05) is 31.2 Å². The molecule has 1 aromatic carbocycles. The second-order valence-electron chi connectivity index (χ2n) is 6.20. The summed E-state index contributed by atoms with van der Waals surface area (Å²) in [5.74, 6) is -0.227. The van der Waals surface area contributed by atoms with E-state index in [9.17, 15) is 14.4 Å². The molecule has 1 aromatic heterocycles. The summed E-state index contributed by atoms with van der Waals surface area (Å²) in [5.41, 5.74) is 1.73. The predicted octanol–water partition coefficient (Wildman–Crippen LogP) is 2.80. The van der Waals surface area contributed by atoms with Gasteiger partial charge in [-0.3, -0.25) is 9.59 Å². The monoisotopic (exact) mass is 384 g/mol. The molecule has 1 heterocycles. The van der Waals surface area contributed by atoms with Crippen molar-refractivity contribution in [1.82, 2.24) is 4.90 Å². The fourth-order valence-electron chi connectivity index (χ4n) is 2.43. The van der Waals surface area contributed by atoms with Crippen molar-refractivity contribution in [1.29, 1.82) is 0 Å². The Morgan fingerprint density at radius 3 is 2.61 bits per heavy atom. The van der Waals surface area contributed by atoms with Gasteiger partial charge in [-0.05, 0) is 43.2 Å². The highest BCUT2D eigenvalue weighted by Crippen LogP contribution is 2.15. The number of nitrogens with one attached hydrogen (secondary N) is 1. The Labute approximate surface area is 164 Å². The lowest BCUT2D eigenvalue weighted by atomic mass is 10.1. The van der Waals surface area contributed by atoms with Crippen LogP contribution < -0.4 is 5.32 Å². The van der Waals surface area contributed by atoms with Gasteiger partial charge in [-0.25, -0.2) is 4.79 Å². The van der Waals surface area contributed by atoms with Gasteiger partial charge in [0.1, 0.15) is 11.5 Å². The largest absolute Gasteiger partial charge is 0.462 e. The van der Waals surface area contributed by atoms with E-state index in [0.29, 0.717) is 5.76 Å². The van der Waals surface area contributed by atoms with Crippen LogP contribution >= 0.6 is 0 Å². The number of furan rings is 1. The maximum atomic E-state index is 12.2. The van der Waals surface area contributed by atoms with Crippen molar-refractivity contribution in [3.63, 3.8) is 0 Å². The van der Waals surface area contributed by atoms with Crippen LogP contribution in [-0.4, -0.2) is 42.9 Å². The highest BCUT2D eigenvalue weighted by Gasteiger charge is 2.15. The van der Waals surface area contributed by atoms with Crippen molar-refractivity contribution in [2.45, 2.75) is 20.3 Å². The molecule has 0 aliphatic carbocycles. The Hall–Kier alpha value is -3.35. The van der Waals surface area contributed by atoms with Crippen molar-refractivity contribution < 1.29 is 23.5 Å². The number of anilines is 1. The molecule has 0 aliphatic heterocycles. The lowest BCUT2D eigenvalue weighted by Gasteiger charge is -2.17. The first-order chi connectivity index (χ1) is 13.4. The topological polar surface area (TPSA) is 88.9 Å². The lowest BCUT2D eigenvalue weighted by molar-refractivity contribution is -0.148. The molecule has 2 aromatic rings. The molecule has 0 radical (unpaired) electrons. The van der Waals surface area contributed by atoms with Crippen molar-refractivity contribution >= 4 is 29.5 Å². The average molecular weight is 384 g/mol. The molecule has 0 fully saturated rings. The van der Waals surface area contributed by atoms with Crippen LogP contribution in [0.1, 0.15) is 24.0 Å². The molecule has 0 saturated carbocycles. The number of likely N-dealkylation sites (N-methyl/N-ethyl adjacent to an activating group) is 1. The minimum Gasteiger partial charge on any atom is -0.462 e. The maximum absolute atomic E-state index is 12.2. The molecule has 2 amide bonds. The predicted molar refractivity (Wildman–Crippen MR) is 106 cm³/mol. The number of amides is 2. The second kappa shape index (κ2) is 10.1. The fourth-order valence-corrected chi connectivity index (χ4v) is 2.43. The van der Waals surface area contributed by atoms with E-state index in [0.717, 1.165) is 23.4 Å². The van der Waals surface area contributed by atoms with E-state index in [2.05, 4.69) is 5.32 Å². The number of nitrogens with zero attached hydrogens (tertiary/aromatic N) is 1. The number of hydrogen-bond acceptors (Lipinski definition) is 5. The Bertz CT molecular complexity index is 869. The number of aryl methyl sites for hydroxylation is 2. The molecular formula is C21H24N2O5. The average Bonchev–Trinajstić information content (AvgIpc) is 3.09. The van der Waals surface area contributed by atoms with Gasteiger partial charge in [-0.2, -0.15) is 0 Å². The van der Waals surface area contributed by atoms with Gasteiger partial charge >= 0.3 is 5.97 Å². The van der Waals surface area contributed by atoms with Crippen LogP contribution in [0.25, 0.3) is 6.08 Å². The number of para-hydroxylation sites is 1. The molecule has 0 spiro atoms. The van der Waals surface area contributed by atoms with Gasteiger partial charge in [0.2, 0.25) is 5.91 Å². The zero-order chi connectivity index (χ0) is 20.5. The number of carbonyl (C=O) groups is 3. The SMILES string of the molecule is CCc1ccccc1NC(=O)CN(C)C(=O)COC(=O)/C=C/c1ccc(C)o1. The number of rotatable bonds is 8.